The van der Waals surface area contributed by atoms with Gasteiger partial charge in [-0.1, -0.05) is 20.8 Å². The number of carbonyl (C=O) groups excluding carboxylic acids is 3. The first-order valence-electron chi connectivity index (χ1n) is 5.83. The molecule has 1 heterocycles. The topological polar surface area (TPSA) is 87.3 Å². The first kappa shape index (κ1) is 16.6. The molecule has 0 unspecified atom stereocenters. The monoisotopic (exact) mass is 361 g/mol. The molecule has 8 heteroatoms. The minimum Gasteiger partial charge on any atom is -0.347 e. The minimum atomic E-state index is -0.563. The highest BCUT2D eigenvalue weighted by atomic mass is 79.9. The number of amides is 3. The molecule has 0 atom stereocenters. The number of hydrazine groups is 1. The third kappa shape index (κ3) is 5.30. The van der Waals surface area contributed by atoms with E-state index in [1.165, 1.54) is 11.3 Å². The van der Waals surface area contributed by atoms with Crippen molar-refractivity contribution in [1.29, 1.82) is 0 Å². The van der Waals surface area contributed by atoms with Crippen molar-refractivity contribution in [2.45, 2.75) is 20.8 Å². The summed E-state index contributed by atoms with van der Waals surface area (Å²) >= 11 is 4.50. The molecule has 6 nitrogen and oxygen atoms in total. The number of hydrogen-bond acceptors (Lipinski definition) is 4. The van der Waals surface area contributed by atoms with Crippen LogP contribution in [0.4, 0.5) is 0 Å². The number of thiophene rings is 1. The van der Waals surface area contributed by atoms with Gasteiger partial charge in [-0.15, -0.1) is 11.3 Å². The first-order valence-corrected chi connectivity index (χ1v) is 7.44. The van der Waals surface area contributed by atoms with E-state index in [1.54, 1.807) is 32.9 Å². The third-order valence-corrected chi connectivity index (χ3v) is 3.83. The molecule has 0 saturated carbocycles. The Hall–Kier alpha value is -1.41. The van der Waals surface area contributed by atoms with Gasteiger partial charge in [0.15, 0.2) is 0 Å². The van der Waals surface area contributed by atoms with E-state index in [2.05, 4.69) is 32.1 Å². The lowest BCUT2D eigenvalue weighted by Gasteiger charge is -2.17. The fourth-order valence-corrected chi connectivity index (χ4v) is 2.38. The van der Waals surface area contributed by atoms with Crippen molar-refractivity contribution in [3.05, 3.63) is 20.8 Å². The second-order valence-corrected chi connectivity index (χ2v) is 7.50. The summed E-state index contributed by atoms with van der Waals surface area (Å²) in [7, 11) is 0. The lowest BCUT2D eigenvalue weighted by molar-refractivity contribution is -0.131. The van der Waals surface area contributed by atoms with Crippen LogP contribution in [-0.2, 0) is 9.59 Å². The van der Waals surface area contributed by atoms with Crippen LogP contribution in [0.15, 0.2) is 15.9 Å². The molecule has 0 fully saturated rings. The number of halogens is 1. The summed E-state index contributed by atoms with van der Waals surface area (Å²) in [4.78, 5) is 35.1. The van der Waals surface area contributed by atoms with Crippen molar-refractivity contribution in [3.63, 3.8) is 0 Å². The van der Waals surface area contributed by atoms with Gasteiger partial charge in [0.1, 0.15) is 0 Å². The summed E-state index contributed by atoms with van der Waals surface area (Å²) < 4.78 is 0.825. The van der Waals surface area contributed by atoms with E-state index in [1.807, 2.05) is 0 Å². The lowest BCUT2D eigenvalue weighted by atomic mass is 9.96. The molecule has 0 bridgehead atoms. The maximum absolute atomic E-state index is 11.6. The Balaban J connectivity index is 2.34. The quantitative estimate of drug-likeness (QED) is 0.711. The van der Waals surface area contributed by atoms with E-state index < -0.39 is 17.2 Å². The van der Waals surface area contributed by atoms with Gasteiger partial charge in [0, 0.05) is 5.41 Å². The van der Waals surface area contributed by atoms with Gasteiger partial charge in [-0.3, -0.25) is 25.2 Å². The summed E-state index contributed by atoms with van der Waals surface area (Å²) in [5, 5.41) is 2.48. The highest BCUT2D eigenvalue weighted by Gasteiger charge is 2.21. The fraction of sp³-hybridized carbons (Fsp3) is 0.417. The van der Waals surface area contributed by atoms with Gasteiger partial charge in [-0.2, -0.15) is 0 Å². The maximum Gasteiger partial charge on any atom is 0.279 e. The molecule has 1 aromatic heterocycles. The predicted molar refractivity (Wildman–Crippen MR) is 80.1 cm³/mol. The Morgan fingerprint density at radius 3 is 2.35 bits per heavy atom. The fourth-order valence-electron chi connectivity index (χ4n) is 1.09. The van der Waals surface area contributed by atoms with Crippen LogP contribution in [0.1, 0.15) is 30.4 Å². The van der Waals surface area contributed by atoms with E-state index in [-0.39, 0.29) is 12.5 Å². The molecule has 20 heavy (non-hydrogen) atoms. The standard InChI is InChI=1S/C12H16BrN3O3S/c1-12(2,3)11(19)14-6-9(17)15-16-10(18)7-4-5-8(13)20-7/h4-5H,6H2,1-3H3,(H,14,19)(H,15,17)(H,16,18). The number of hydrogen-bond donors (Lipinski definition) is 3. The van der Waals surface area contributed by atoms with Crippen LogP contribution < -0.4 is 16.2 Å². The summed E-state index contributed by atoms with van der Waals surface area (Å²) in [5.41, 5.74) is 3.95. The van der Waals surface area contributed by atoms with Gasteiger partial charge >= 0.3 is 0 Å². The number of nitrogens with one attached hydrogen (secondary N) is 3. The van der Waals surface area contributed by atoms with Crippen LogP contribution >= 0.6 is 27.3 Å². The SMILES string of the molecule is CC(C)(C)C(=O)NCC(=O)NNC(=O)c1ccc(Br)s1. The second kappa shape index (κ2) is 6.85. The molecule has 3 amide bonds. The minimum absolute atomic E-state index is 0.190. The van der Waals surface area contributed by atoms with Gasteiger partial charge < -0.3 is 5.32 Å². The molecular weight excluding hydrogens is 346 g/mol. The zero-order valence-electron chi connectivity index (χ0n) is 11.4. The van der Waals surface area contributed by atoms with Crippen LogP contribution in [0.3, 0.4) is 0 Å². The largest absolute Gasteiger partial charge is 0.347 e. The lowest BCUT2D eigenvalue weighted by Crippen LogP contribution is -2.47. The van der Waals surface area contributed by atoms with Crippen molar-refractivity contribution in [1.82, 2.24) is 16.2 Å². The summed E-state index contributed by atoms with van der Waals surface area (Å²) in [6.07, 6.45) is 0. The first-order chi connectivity index (χ1) is 9.20. The smallest absolute Gasteiger partial charge is 0.279 e. The van der Waals surface area contributed by atoms with Crippen molar-refractivity contribution >= 4 is 45.0 Å². The molecule has 0 aliphatic rings. The Morgan fingerprint density at radius 2 is 1.85 bits per heavy atom. The van der Waals surface area contributed by atoms with E-state index >= 15 is 0 Å². The van der Waals surface area contributed by atoms with Crippen molar-refractivity contribution in [3.8, 4) is 0 Å². The van der Waals surface area contributed by atoms with Gasteiger partial charge in [-0.25, -0.2) is 0 Å². The number of rotatable bonds is 3. The van der Waals surface area contributed by atoms with Gasteiger partial charge in [0.2, 0.25) is 5.91 Å². The molecule has 0 aliphatic carbocycles. The van der Waals surface area contributed by atoms with Gasteiger partial charge in [0.05, 0.1) is 15.2 Å². The maximum atomic E-state index is 11.6. The molecule has 0 saturated heterocycles. The molecule has 0 radical (unpaired) electrons. The molecule has 1 rings (SSSR count). The van der Waals surface area contributed by atoms with Crippen molar-refractivity contribution in [2.75, 3.05) is 6.54 Å². The van der Waals surface area contributed by atoms with Crippen molar-refractivity contribution < 1.29 is 14.4 Å². The van der Waals surface area contributed by atoms with Crippen LogP contribution in [-0.4, -0.2) is 24.3 Å². The Labute approximate surface area is 129 Å². The Bertz CT molecular complexity index is 522. The zero-order chi connectivity index (χ0) is 15.3. The number of carbonyl (C=O) groups is 3. The average molecular weight is 362 g/mol. The molecular formula is C12H16BrN3O3S. The molecule has 110 valence electrons. The molecule has 0 aliphatic heterocycles. The summed E-state index contributed by atoms with van der Waals surface area (Å²) in [6.45, 7) is 5.05. The second-order valence-electron chi connectivity index (χ2n) is 5.04. The summed E-state index contributed by atoms with van der Waals surface area (Å²) in [6, 6.07) is 3.38. The van der Waals surface area contributed by atoms with Crippen LogP contribution in [0.5, 0.6) is 0 Å². The van der Waals surface area contributed by atoms with E-state index in [0.29, 0.717) is 4.88 Å². The zero-order valence-corrected chi connectivity index (χ0v) is 13.8. The van der Waals surface area contributed by atoms with Gasteiger partial charge in [-0.05, 0) is 28.1 Å². The normalized spacial score (nSPS) is 10.8. The molecule has 3 N–H and O–H groups in total. The predicted octanol–water partition coefficient (Wildman–Crippen LogP) is 1.43. The Kier molecular flexibility index (Phi) is 5.70. The molecule has 1 aromatic rings. The average Bonchev–Trinajstić information content (AvgIpc) is 2.78. The van der Waals surface area contributed by atoms with Crippen LogP contribution in [0, 0.1) is 5.41 Å². The van der Waals surface area contributed by atoms with Gasteiger partial charge in [0.25, 0.3) is 11.8 Å². The van der Waals surface area contributed by atoms with Crippen LogP contribution in [0.2, 0.25) is 0 Å². The van der Waals surface area contributed by atoms with E-state index in [0.717, 1.165) is 3.79 Å². The highest BCUT2D eigenvalue weighted by Crippen LogP contribution is 2.21. The highest BCUT2D eigenvalue weighted by molar-refractivity contribution is 9.11. The third-order valence-electron chi connectivity index (χ3n) is 2.20. The summed E-state index contributed by atoms with van der Waals surface area (Å²) in [5.74, 6) is -1.14. The van der Waals surface area contributed by atoms with E-state index in [4.69, 9.17) is 0 Å². The molecule has 0 aromatic carbocycles. The van der Waals surface area contributed by atoms with Crippen LogP contribution in [0.25, 0.3) is 0 Å². The Morgan fingerprint density at radius 1 is 1.20 bits per heavy atom. The van der Waals surface area contributed by atoms with E-state index in [9.17, 15) is 14.4 Å². The molecule has 0 spiro atoms. The van der Waals surface area contributed by atoms with Crippen molar-refractivity contribution in [2.24, 2.45) is 5.41 Å².